The molecule has 0 bridgehead atoms. The van der Waals surface area contributed by atoms with E-state index in [1.807, 2.05) is 0 Å². The normalized spacial score (nSPS) is 18.0. The molecule has 0 aliphatic carbocycles. The van der Waals surface area contributed by atoms with Crippen molar-refractivity contribution in [3.05, 3.63) is 11.1 Å². The van der Waals surface area contributed by atoms with Gasteiger partial charge in [-0.15, -0.1) is 0 Å². The maximum Gasteiger partial charge on any atom is -0.0229 e. The van der Waals surface area contributed by atoms with Gasteiger partial charge in [0.05, 0.1) is 0 Å². The van der Waals surface area contributed by atoms with E-state index < -0.39 is 0 Å². The summed E-state index contributed by atoms with van der Waals surface area (Å²) in [5.74, 6) is 2.32. The van der Waals surface area contributed by atoms with Gasteiger partial charge in [-0.1, -0.05) is 52.2 Å². The zero-order valence-corrected chi connectivity index (χ0v) is 11.1. The predicted molar refractivity (Wildman–Crippen MR) is 66.4 cm³/mol. The second-order valence-corrected chi connectivity index (χ2v) is 5.17. The van der Waals surface area contributed by atoms with Crippen LogP contribution in [0.1, 0.15) is 61.3 Å². The highest BCUT2D eigenvalue weighted by Gasteiger charge is 2.12. The van der Waals surface area contributed by atoms with Crippen LogP contribution >= 0.6 is 0 Å². The van der Waals surface area contributed by atoms with E-state index in [0.29, 0.717) is 5.92 Å². The molecule has 2 unspecified atom stereocenters. The first-order valence-electron chi connectivity index (χ1n) is 6.07. The van der Waals surface area contributed by atoms with E-state index >= 15 is 0 Å². The average Bonchev–Trinajstić information content (AvgIpc) is 2.14. The monoisotopic (exact) mass is 196 g/mol. The topological polar surface area (TPSA) is 0 Å². The molecule has 0 nitrogen and oxygen atoms in total. The molecule has 2 atom stereocenters. The minimum absolute atomic E-state index is 0.703. The van der Waals surface area contributed by atoms with Crippen LogP contribution in [0.15, 0.2) is 11.1 Å². The van der Waals surface area contributed by atoms with Gasteiger partial charge in [0.25, 0.3) is 0 Å². The Morgan fingerprint density at radius 3 is 1.79 bits per heavy atom. The molecule has 0 saturated carbocycles. The van der Waals surface area contributed by atoms with Crippen LogP contribution in [0.3, 0.4) is 0 Å². The van der Waals surface area contributed by atoms with Crippen LogP contribution in [0.4, 0.5) is 0 Å². The third-order valence-electron chi connectivity index (χ3n) is 3.68. The second-order valence-electron chi connectivity index (χ2n) is 5.17. The van der Waals surface area contributed by atoms with E-state index in [9.17, 15) is 0 Å². The van der Waals surface area contributed by atoms with E-state index in [4.69, 9.17) is 0 Å². The Hall–Kier alpha value is -0.260. The molecular weight excluding hydrogens is 168 g/mol. The standard InChI is InChI=1S/C14H28/c1-8-11(4)9-12(5)14(7)13(6)10(2)3/h10-12H,8-9H2,1-7H3. The van der Waals surface area contributed by atoms with Crippen LogP contribution in [0.2, 0.25) is 0 Å². The van der Waals surface area contributed by atoms with Gasteiger partial charge < -0.3 is 0 Å². The maximum absolute atomic E-state index is 2.37. The third kappa shape index (κ3) is 4.30. The van der Waals surface area contributed by atoms with E-state index in [-0.39, 0.29) is 0 Å². The number of hydrogen-bond donors (Lipinski definition) is 0. The lowest BCUT2D eigenvalue weighted by molar-refractivity contribution is 0.438. The molecule has 0 heteroatoms. The van der Waals surface area contributed by atoms with Crippen molar-refractivity contribution in [3.8, 4) is 0 Å². The van der Waals surface area contributed by atoms with Gasteiger partial charge in [0.15, 0.2) is 0 Å². The molecule has 0 rings (SSSR count). The van der Waals surface area contributed by atoms with Crippen LogP contribution in [0.5, 0.6) is 0 Å². The molecule has 0 aliphatic heterocycles. The summed E-state index contributed by atoms with van der Waals surface area (Å²) in [6, 6.07) is 0. The molecule has 0 aromatic rings. The highest BCUT2D eigenvalue weighted by Crippen LogP contribution is 2.26. The minimum atomic E-state index is 0.703. The van der Waals surface area contributed by atoms with Gasteiger partial charge in [0.2, 0.25) is 0 Å². The summed E-state index contributed by atoms with van der Waals surface area (Å²) in [6.07, 6.45) is 2.64. The Balaban J connectivity index is 4.37. The molecule has 0 spiro atoms. The maximum atomic E-state index is 2.37. The van der Waals surface area contributed by atoms with Gasteiger partial charge in [-0.05, 0) is 38.0 Å². The smallest absolute Gasteiger partial charge is 0.0229 e. The summed E-state index contributed by atoms with van der Waals surface area (Å²) in [5, 5.41) is 0. The van der Waals surface area contributed by atoms with E-state index in [1.54, 1.807) is 11.1 Å². The first-order valence-corrected chi connectivity index (χ1v) is 6.07. The number of hydrogen-bond acceptors (Lipinski definition) is 0. The summed E-state index contributed by atoms with van der Waals surface area (Å²) in [5.41, 5.74) is 3.20. The lowest BCUT2D eigenvalue weighted by atomic mass is 9.86. The Morgan fingerprint density at radius 1 is 0.929 bits per heavy atom. The van der Waals surface area contributed by atoms with Crippen molar-refractivity contribution in [2.24, 2.45) is 17.8 Å². The molecule has 0 aromatic carbocycles. The van der Waals surface area contributed by atoms with Crippen LogP contribution < -0.4 is 0 Å². The zero-order chi connectivity index (χ0) is 11.3. The largest absolute Gasteiger partial charge is 0.0716 e. The first kappa shape index (κ1) is 13.7. The van der Waals surface area contributed by atoms with Crippen LogP contribution in [0.25, 0.3) is 0 Å². The van der Waals surface area contributed by atoms with Gasteiger partial charge >= 0.3 is 0 Å². The average molecular weight is 196 g/mol. The Labute approximate surface area is 90.8 Å². The Morgan fingerprint density at radius 2 is 1.43 bits per heavy atom. The summed E-state index contributed by atoms with van der Waals surface area (Å²) < 4.78 is 0. The van der Waals surface area contributed by atoms with E-state index in [1.165, 1.54) is 12.8 Å². The fraction of sp³-hybridized carbons (Fsp3) is 0.857. The fourth-order valence-electron chi connectivity index (χ4n) is 1.79. The fourth-order valence-corrected chi connectivity index (χ4v) is 1.79. The molecule has 0 heterocycles. The van der Waals surface area contributed by atoms with Gasteiger partial charge in [-0.3, -0.25) is 0 Å². The molecule has 84 valence electrons. The van der Waals surface area contributed by atoms with Gasteiger partial charge in [0, 0.05) is 0 Å². The van der Waals surface area contributed by atoms with Crippen molar-refractivity contribution >= 4 is 0 Å². The predicted octanol–water partition coefficient (Wildman–Crippen LogP) is 5.05. The SMILES string of the molecule is CCC(C)CC(C)C(C)=C(C)C(C)C. The summed E-state index contributed by atoms with van der Waals surface area (Å²) in [6.45, 7) is 16.2. The highest BCUT2D eigenvalue weighted by atomic mass is 14.2. The molecule has 0 aliphatic rings. The van der Waals surface area contributed by atoms with Crippen molar-refractivity contribution < 1.29 is 0 Å². The van der Waals surface area contributed by atoms with E-state index in [2.05, 4.69) is 48.5 Å². The quantitative estimate of drug-likeness (QED) is 0.540. The van der Waals surface area contributed by atoms with Crippen molar-refractivity contribution in [1.82, 2.24) is 0 Å². The molecule has 0 fully saturated rings. The van der Waals surface area contributed by atoms with Gasteiger partial charge in [0.1, 0.15) is 0 Å². The molecule has 14 heavy (non-hydrogen) atoms. The Kier molecular flexibility index (Phi) is 6.15. The summed E-state index contributed by atoms with van der Waals surface area (Å²) >= 11 is 0. The zero-order valence-electron chi connectivity index (χ0n) is 11.1. The summed E-state index contributed by atoms with van der Waals surface area (Å²) in [4.78, 5) is 0. The number of allylic oxidation sites excluding steroid dienone is 2. The molecule has 0 saturated heterocycles. The number of rotatable bonds is 5. The molecule has 0 aromatic heterocycles. The first-order chi connectivity index (χ1) is 6.40. The second kappa shape index (κ2) is 6.27. The Bertz CT molecular complexity index is 186. The lowest BCUT2D eigenvalue weighted by Crippen LogP contribution is -2.07. The molecule has 0 amide bonds. The van der Waals surface area contributed by atoms with Gasteiger partial charge in [-0.25, -0.2) is 0 Å². The van der Waals surface area contributed by atoms with Gasteiger partial charge in [-0.2, -0.15) is 0 Å². The van der Waals surface area contributed by atoms with Crippen molar-refractivity contribution in [3.63, 3.8) is 0 Å². The highest BCUT2D eigenvalue weighted by molar-refractivity contribution is 5.14. The molecule has 0 N–H and O–H groups in total. The van der Waals surface area contributed by atoms with Crippen molar-refractivity contribution in [2.75, 3.05) is 0 Å². The molecular formula is C14H28. The minimum Gasteiger partial charge on any atom is -0.0716 e. The third-order valence-corrected chi connectivity index (χ3v) is 3.68. The lowest BCUT2D eigenvalue weighted by Gasteiger charge is -2.20. The van der Waals surface area contributed by atoms with Crippen LogP contribution in [-0.4, -0.2) is 0 Å². The summed E-state index contributed by atoms with van der Waals surface area (Å²) in [7, 11) is 0. The van der Waals surface area contributed by atoms with E-state index in [0.717, 1.165) is 11.8 Å². The van der Waals surface area contributed by atoms with Crippen molar-refractivity contribution in [2.45, 2.75) is 61.3 Å². The van der Waals surface area contributed by atoms with Crippen molar-refractivity contribution in [1.29, 1.82) is 0 Å². The van der Waals surface area contributed by atoms with Crippen LogP contribution in [0, 0.1) is 17.8 Å². The van der Waals surface area contributed by atoms with Crippen LogP contribution in [-0.2, 0) is 0 Å². The molecule has 0 radical (unpaired) electrons.